The van der Waals surface area contributed by atoms with Crippen LogP contribution in [0.1, 0.15) is 18.2 Å². The first-order chi connectivity index (χ1) is 14.4. The lowest BCUT2D eigenvalue weighted by Crippen LogP contribution is -2.48. The third kappa shape index (κ3) is 4.11. The molecule has 1 unspecified atom stereocenters. The van der Waals surface area contributed by atoms with Crippen LogP contribution in [0.25, 0.3) is 0 Å². The van der Waals surface area contributed by atoms with Crippen LogP contribution in [-0.2, 0) is 6.54 Å². The minimum Gasteiger partial charge on any atom is -0.439 e. The minimum atomic E-state index is -0.676. The summed E-state index contributed by atoms with van der Waals surface area (Å²) in [5.41, 5.74) is 2.41. The highest BCUT2D eigenvalue weighted by Gasteiger charge is 2.30. The molecule has 0 bridgehead atoms. The third-order valence-corrected chi connectivity index (χ3v) is 5.05. The number of aliphatic hydroxyl groups excluding tert-OH is 1. The molecule has 2 atom stereocenters. The van der Waals surface area contributed by atoms with Gasteiger partial charge in [-0.25, -0.2) is 14.4 Å². The van der Waals surface area contributed by atoms with Crippen LogP contribution in [0.15, 0.2) is 42.6 Å². The van der Waals surface area contributed by atoms with E-state index in [2.05, 4.69) is 25.6 Å². The maximum Gasteiger partial charge on any atom is 0.225 e. The highest BCUT2D eigenvalue weighted by Crippen LogP contribution is 2.33. The molecule has 0 saturated heterocycles. The third-order valence-electron chi connectivity index (χ3n) is 5.05. The van der Waals surface area contributed by atoms with Crippen molar-refractivity contribution in [1.29, 1.82) is 0 Å². The standard InChI is InChI=1S/C21H23FN6O2/c1-12-18-19(28(3)13(2)20(29)26-18)27-21(25-12)24-11-14-4-9-17(23-10-14)30-16-7-5-15(22)6-8-16/h4-10,13,20,26,29H,11H2,1-3H3,(H,24,25,27)/t13-,20?/m0/s1. The molecule has 0 fully saturated rings. The van der Waals surface area contributed by atoms with Crippen LogP contribution >= 0.6 is 0 Å². The molecule has 0 saturated carbocycles. The molecular formula is C21H23FN6O2. The predicted molar refractivity (Wildman–Crippen MR) is 112 cm³/mol. The van der Waals surface area contributed by atoms with Crippen molar-refractivity contribution >= 4 is 17.5 Å². The van der Waals surface area contributed by atoms with E-state index in [0.29, 0.717) is 24.1 Å². The summed E-state index contributed by atoms with van der Waals surface area (Å²) >= 11 is 0. The first-order valence-corrected chi connectivity index (χ1v) is 9.59. The van der Waals surface area contributed by atoms with E-state index in [0.717, 1.165) is 22.8 Å². The molecule has 1 aliphatic rings. The van der Waals surface area contributed by atoms with E-state index >= 15 is 0 Å². The molecular weight excluding hydrogens is 387 g/mol. The van der Waals surface area contributed by atoms with Gasteiger partial charge < -0.3 is 25.4 Å². The molecule has 1 aromatic carbocycles. The summed E-state index contributed by atoms with van der Waals surface area (Å²) in [7, 11) is 1.90. The van der Waals surface area contributed by atoms with Crippen molar-refractivity contribution in [2.45, 2.75) is 32.7 Å². The minimum absolute atomic E-state index is 0.113. The molecule has 8 nitrogen and oxygen atoms in total. The summed E-state index contributed by atoms with van der Waals surface area (Å²) in [6.07, 6.45) is 1.02. The smallest absolute Gasteiger partial charge is 0.225 e. The Labute approximate surface area is 173 Å². The van der Waals surface area contributed by atoms with Crippen LogP contribution in [0, 0.1) is 12.7 Å². The van der Waals surface area contributed by atoms with Gasteiger partial charge in [-0.2, -0.15) is 4.98 Å². The number of aromatic nitrogens is 3. The lowest BCUT2D eigenvalue weighted by molar-refractivity contribution is 0.172. The Kier molecular flexibility index (Phi) is 5.37. The van der Waals surface area contributed by atoms with Gasteiger partial charge in [0.25, 0.3) is 0 Å². The molecule has 0 amide bonds. The van der Waals surface area contributed by atoms with Crippen LogP contribution in [0.5, 0.6) is 11.6 Å². The number of benzene rings is 1. The van der Waals surface area contributed by atoms with E-state index in [1.807, 2.05) is 31.9 Å². The van der Waals surface area contributed by atoms with Gasteiger partial charge in [0.05, 0.1) is 11.7 Å². The van der Waals surface area contributed by atoms with E-state index in [1.54, 1.807) is 24.4 Å². The molecule has 1 aliphatic heterocycles. The van der Waals surface area contributed by atoms with Gasteiger partial charge in [0.2, 0.25) is 11.8 Å². The Morgan fingerprint density at radius 1 is 1.20 bits per heavy atom. The fourth-order valence-electron chi connectivity index (χ4n) is 3.11. The fraction of sp³-hybridized carbons (Fsp3) is 0.286. The van der Waals surface area contributed by atoms with Gasteiger partial charge in [-0.15, -0.1) is 0 Å². The molecule has 4 rings (SSSR count). The number of anilines is 3. The largest absolute Gasteiger partial charge is 0.439 e. The molecule has 3 N–H and O–H groups in total. The summed E-state index contributed by atoms with van der Waals surface area (Å²) in [4.78, 5) is 15.3. The Morgan fingerprint density at radius 2 is 1.97 bits per heavy atom. The maximum atomic E-state index is 13.0. The van der Waals surface area contributed by atoms with Crippen molar-refractivity contribution in [3.8, 4) is 11.6 Å². The predicted octanol–water partition coefficient (Wildman–Crippen LogP) is 3.29. The molecule has 30 heavy (non-hydrogen) atoms. The van der Waals surface area contributed by atoms with Crippen LogP contribution < -0.4 is 20.3 Å². The van der Waals surface area contributed by atoms with Crippen molar-refractivity contribution in [1.82, 2.24) is 15.0 Å². The van der Waals surface area contributed by atoms with Gasteiger partial charge in [0.15, 0.2) is 5.82 Å². The lowest BCUT2D eigenvalue weighted by Gasteiger charge is -2.37. The van der Waals surface area contributed by atoms with E-state index < -0.39 is 6.23 Å². The molecule has 156 valence electrons. The highest BCUT2D eigenvalue weighted by atomic mass is 19.1. The zero-order valence-corrected chi connectivity index (χ0v) is 16.9. The lowest BCUT2D eigenvalue weighted by atomic mass is 10.1. The normalized spacial score (nSPS) is 17.8. The van der Waals surface area contributed by atoms with Crippen LogP contribution in [0.4, 0.5) is 21.8 Å². The van der Waals surface area contributed by atoms with Crippen molar-refractivity contribution in [3.63, 3.8) is 0 Å². The van der Waals surface area contributed by atoms with E-state index in [9.17, 15) is 9.50 Å². The Bertz CT molecular complexity index is 1030. The second-order valence-electron chi connectivity index (χ2n) is 7.19. The monoisotopic (exact) mass is 410 g/mol. The van der Waals surface area contributed by atoms with Crippen LogP contribution in [0.3, 0.4) is 0 Å². The van der Waals surface area contributed by atoms with Crippen LogP contribution in [-0.4, -0.2) is 39.4 Å². The Balaban J connectivity index is 1.42. The molecule has 2 aromatic heterocycles. The molecule has 9 heteroatoms. The Morgan fingerprint density at radius 3 is 2.67 bits per heavy atom. The summed E-state index contributed by atoms with van der Waals surface area (Å²) in [6.45, 7) is 4.28. The molecule has 3 heterocycles. The number of pyridine rings is 1. The fourth-order valence-corrected chi connectivity index (χ4v) is 3.11. The summed E-state index contributed by atoms with van der Waals surface area (Å²) in [6, 6.07) is 9.29. The molecule has 0 spiro atoms. The van der Waals surface area contributed by atoms with E-state index in [-0.39, 0.29) is 11.9 Å². The van der Waals surface area contributed by atoms with Crippen molar-refractivity contribution in [2.24, 2.45) is 0 Å². The second-order valence-corrected chi connectivity index (χ2v) is 7.19. The number of nitrogens with zero attached hydrogens (tertiary/aromatic N) is 4. The number of likely N-dealkylation sites (N-methyl/N-ethyl adjacent to an activating group) is 1. The number of rotatable bonds is 5. The number of hydrogen-bond acceptors (Lipinski definition) is 8. The van der Waals surface area contributed by atoms with Crippen molar-refractivity contribution < 1.29 is 14.2 Å². The zero-order chi connectivity index (χ0) is 21.3. The van der Waals surface area contributed by atoms with Crippen molar-refractivity contribution in [3.05, 3.63) is 59.7 Å². The number of aryl methyl sites for hydroxylation is 1. The Hall–Kier alpha value is -3.46. The number of nitrogens with one attached hydrogen (secondary N) is 2. The first kappa shape index (κ1) is 19.8. The van der Waals surface area contributed by atoms with Gasteiger partial charge in [0.1, 0.15) is 23.5 Å². The zero-order valence-electron chi connectivity index (χ0n) is 16.9. The number of ether oxygens (including phenoxy) is 1. The quantitative estimate of drug-likeness (QED) is 0.590. The van der Waals surface area contributed by atoms with Gasteiger partial charge in [0, 0.05) is 25.9 Å². The van der Waals surface area contributed by atoms with Gasteiger partial charge in [-0.3, -0.25) is 0 Å². The molecule has 0 aliphatic carbocycles. The summed E-state index contributed by atoms with van der Waals surface area (Å²) in [5, 5.41) is 16.4. The average Bonchev–Trinajstić information content (AvgIpc) is 2.74. The molecule has 0 radical (unpaired) electrons. The number of halogens is 1. The van der Waals surface area contributed by atoms with E-state index in [4.69, 9.17) is 4.74 Å². The summed E-state index contributed by atoms with van der Waals surface area (Å²) in [5.74, 6) is 1.86. The second kappa shape index (κ2) is 8.11. The van der Waals surface area contributed by atoms with Gasteiger partial charge >= 0.3 is 0 Å². The van der Waals surface area contributed by atoms with E-state index in [1.165, 1.54) is 12.1 Å². The van der Waals surface area contributed by atoms with Gasteiger partial charge in [-0.1, -0.05) is 6.07 Å². The first-order valence-electron chi connectivity index (χ1n) is 9.59. The highest BCUT2D eigenvalue weighted by molar-refractivity contribution is 5.72. The maximum absolute atomic E-state index is 13.0. The van der Waals surface area contributed by atoms with Crippen LogP contribution in [0.2, 0.25) is 0 Å². The summed E-state index contributed by atoms with van der Waals surface area (Å²) < 4.78 is 18.6. The number of hydrogen-bond donors (Lipinski definition) is 3. The number of aliphatic hydroxyl groups is 1. The van der Waals surface area contributed by atoms with Gasteiger partial charge in [-0.05, 0) is 43.7 Å². The average molecular weight is 410 g/mol. The number of fused-ring (bicyclic) bond motifs is 1. The molecule has 3 aromatic rings. The SMILES string of the molecule is Cc1nc(NCc2ccc(Oc3ccc(F)cc3)nc2)nc2c1NC(O)[C@H](C)N2C. The topological polar surface area (TPSA) is 95.4 Å². The van der Waals surface area contributed by atoms with Crippen molar-refractivity contribution in [2.75, 3.05) is 22.6 Å².